The first kappa shape index (κ1) is 15.2. The lowest BCUT2D eigenvalue weighted by Gasteiger charge is -2.15. The molecule has 3 N–H and O–H groups in total. The number of hydrogen-bond acceptors (Lipinski definition) is 4. The van der Waals surface area contributed by atoms with Gasteiger partial charge in [0.1, 0.15) is 16.5 Å². The van der Waals surface area contributed by atoms with Gasteiger partial charge in [-0.15, -0.1) is 0 Å². The van der Waals surface area contributed by atoms with Crippen molar-refractivity contribution in [1.82, 2.24) is 5.32 Å². The van der Waals surface area contributed by atoms with Gasteiger partial charge in [-0.2, -0.15) is 0 Å². The highest BCUT2D eigenvalue weighted by Crippen LogP contribution is 2.23. The molecule has 6 heteroatoms. The third-order valence-electron chi connectivity index (χ3n) is 2.43. The second kappa shape index (κ2) is 6.94. The van der Waals surface area contributed by atoms with Crippen molar-refractivity contribution >= 4 is 23.1 Å². The lowest BCUT2D eigenvalue weighted by Crippen LogP contribution is -2.36. The number of carbonyl (C=O) groups excluding carboxylic acids is 1. The molecule has 0 spiro atoms. The highest BCUT2D eigenvalue weighted by atomic mass is 32.1. The van der Waals surface area contributed by atoms with Crippen molar-refractivity contribution in [1.29, 1.82) is 0 Å². The van der Waals surface area contributed by atoms with Crippen LogP contribution in [0.4, 0.5) is 0 Å². The molecule has 0 saturated carbocycles. The number of rotatable bonds is 6. The third-order valence-corrected chi connectivity index (χ3v) is 2.67. The largest absolute Gasteiger partial charge is 0.497 e. The van der Waals surface area contributed by atoms with Gasteiger partial charge in [-0.25, -0.2) is 0 Å². The third kappa shape index (κ3) is 4.40. The first-order valence-electron chi connectivity index (χ1n) is 5.91. The Labute approximate surface area is 118 Å². The van der Waals surface area contributed by atoms with Crippen LogP contribution < -0.4 is 20.5 Å². The molecule has 0 radical (unpaired) electrons. The summed E-state index contributed by atoms with van der Waals surface area (Å²) in [6.07, 6.45) is -0.605. The predicted octanol–water partition coefficient (Wildman–Crippen LogP) is 1.23. The predicted molar refractivity (Wildman–Crippen MR) is 77.7 cm³/mol. The van der Waals surface area contributed by atoms with E-state index in [1.54, 1.807) is 25.1 Å². The van der Waals surface area contributed by atoms with Crippen LogP contribution in [-0.2, 0) is 4.79 Å². The molecule has 0 bridgehead atoms. The summed E-state index contributed by atoms with van der Waals surface area (Å²) < 4.78 is 10.7. The number of likely N-dealkylation sites (N-methyl/N-ethyl adjacent to an activating group) is 1. The molecule has 19 heavy (non-hydrogen) atoms. The maximum Gasteiger partial charge on any atom is 0.260 e. The number of ether oxygens (including phenoxy) is 2. The van der Waals surface area contributed by atoms with Crippen LogP contribution in [0, 0.1) is 0 Å². The van der Waals surface area contributed by atoms with E-state index in [9.17, 15) is 4.79 Å². The smallest absolute Gasteiger partial charge is 0.260 e. The molecular formula is C13H18N2O3S. The summed E-state index contributed by atoms with van der Waals surface area (Å²) in [5, 5.41) is 2.69. The quantitative estimate of drug-likeness (QED) is 0.768. The van der Waals surface area contributed by atoms with Crippen LogP contribution in [0.1, 0.15) is 19.4 Å². The average molecular weight is 282 g/mol. The Morgan fingerprint density at radius 1 is 1.42 bits per heavy atom. The zero-order chi connectivity index (χ0) is 14.4. The molecule has 1 aromatic carbocycles. The minimum atomic E-state index is -0.605. The van der Waals surface area contributed by atoms with E-state index in [1.165, 1.54) is 7.11 Å². The minimum Gasteiger partial charge on any atom is -0.497 e. The van der Waals surface area contributed by atoms with Crippen LogP contribution >= 0.6 is 12.2 Å². The fraction of sp³-hybridized carbons (Fsp3) is 0.385. The summed E-state index contributed by atoms with van der Waals surface area (Å²) >= 11 is 4.92. The van der Waals surface area contributed by atoms with Gasteiger partial charge in [0.2, 0.25) is 0 Å². The van der Waals surface area contributed by atoms with Gasteiger partial charge in [0.15, 0.2) is 6.10 Å². The lowest BCUT2D eigenvalue weighted by atomic mass is 10.2. The Kier molecular flexibility index (Phi) is 5.57. The number of benzene rings is 1. The Hall–Kier alpha value is -1.82. The van der Waals surface area contributed by atoms with Crippen molar-refractivity contribution in [3.05, 3.63) is 23.8 Å². The summed E-state index contributed by atoms with van der Waals surface area (Å²) in [6.45, 7) is 4.08. The number of nitrogens with one attached hydrogen (secondary N) is 1. The molecule has 0 aliphatic heterocycles. The second-order valence-corrected chi connectivity index (χ2v) is 4.36. The molecule has 0 heterocycles. The Morgan fingerprint density at radius 2 is 2.05 bits per heavy atom. The number of hydrogen-bond donors (Lipinski definition) is 2. The standard InChI is InChI=1S/C13H18N2O3S/c1-4-15-13(16)8(2)18-11-6-9(12(14)19)5-10(7-11)17-3/h5-8H,4H2,1-3H3,(H2,14,19)(H,15,16). The summed E-state index contributed by atoms with van der Waals surface area (Å²) in [5.41, 5.74) is 6.22. The SMILES string of the molecule is CCNC(=O)C(C)Oc1cc(OC)cc(C(N)=S)c1. The fourth-order valence-electron chi connectivity index (χ4n) is 1.48. The molecule has 0 aromatic heterocycles. The Balaban J connectivity index is 2.91. The number of methoxy groups -OCH3 is 1. The Morgan fingerprint density at radius 3 is 2.58 bits per heavy atom. The molecule has 0 aliphatic carbocycles. The molecular weight excluding hydrogens is 264 g/mol. The van der Waals surface area contributed by atoms with Gasteiger partial charge < -0.3 is 20.5 Å². The van der Waals surface area contributed by atoms with Gasteiger partial charge in [-0.1, -0.05) is 12.2 Å². The normalized spacial score (nSPS) is 11.5. The highest BCUT2D eigenvalue weighted by molar-refractivity contribution is 7.80. The summed E-state index contributed by atoms with van der Waals surface area (Å²) in [4.78, 5) is 11.8. The van der Waals surface area contributed by atoms with E-state index in [0.717, 1.165) is 0 Å². The van der Waals surface area contributed by atoms with Gasteiger partial charge in [-0.3, -0.25) is 4.79 Å². The van der Waals surface area contributed by atoms with E-state index in [0.29, 0.717) is 23.6 Å². The average Bonchev–Trinajstić information content (AvgIpc) is 2.38. The molecule has 5 nitrogen and oxygen atoms in total. The molecule has 1 rings (SSSR count). The summed E-state index contributed by atoms with van der Waals surface area (Å²) in [6, 6.07) is 5.07. The molecule has 0 saturated heterocycles. The van der Waals surface area contributed by atoms with Crippen molar-refractivity contribution in [3.8, 4) is 11.5 Å². The zero-order valence-electron chi connectivity index (χ0n) is 11.2. The summed E-state index contributed by atoms with van der Waals surface area (Å²) in [7, 11) is 1.54. The molecule has 0 fully saturated rings. The van der Waals surface area contributed by atoms with E-state index < -0.39 is 6.10 Å². The molecule has 1 amide bonds. The maximum absolute atomic E-state index is 11.6. The van der Waals surface area contributed by atoms with Gasteiger partial charge in [-0.05, 0) is 26.0 Å². The van der Waals surface area contributed by atoms with Crippen LogP contribution in [0.25, 0.3) is 0 Å². The monoisotopic (exact) mass is 282 g/mol. The Bertz CT molecular complexity index is 477. The molecule has 1 unspecified atom stereocenters. The second-order valence-electron chi connectivity index (χ2n) is 3.92. The van der Waals surface area contributed by atoms with Gasteiger partial charge >= 0.3 is 0 Å². The van der Waals surface area contributed by atoms with Crippen LogP contribution in [-0.4, -0.2) is 30.7 Å². The number of amides is 1. The number of thiocarbonyl (C=S) groups is 1. The van der Waals surface area contributed by atoms with Crippen molar-refractivity contribution in [2.45, 2.75) is 20.0 Å². The number of nitrogens with two attached hydrogens (primary N) is 1. The van der Waals surface area contributed by atoms with Crippen LogP contribution in [0.3, 0.4) is 0 Å². The first-order valence-corrected chi connectivity index (χ1v) is 6.32. The first-order chi connectivity index (χ1) is 8.97. The van der Waals surface area contributed by atoms with Crippen LogP contribution in [0.2, 0.25) is 0 Å². The van der Waals surface area contributed by atoms with Gasteiger partial charge in [0.25, 0.3) is 5.91 Å². The maximum atomic E-state index is 11.6. The van der Waals surface area contributed by atoms with Crippen molar-refractivity contribution in [3.63, 3.8) is 0 Å². The lowest BCUT2D eigenvalue weighted by molar-refractivity contribution is -0.127. The van der Waals surface area contributed by atoms with Crippen molar-refractivity contribution in [2.75, 3.05) is 13.7 Å². The van der Waals surface area contributed by atoms with E-state index in [1.807, 2.05) is 6.92 Å². The molecule has 0 aliphatic rings. The van der Waals surface area contributed by atoms with Gasteiger partial charge in [0, 0.05) is 18.2 Å². The topological polar surface area (TPSA) is 73.6 Å². The van der Waals surface area contributed by atoms with E-state index >= 15 is 0 Å². The van der Waals surface area contributed by atoms with Crippen LogP contribution in [0.15, 0.2) is 18.2 Å². The summed E-state index contributed by atoms with van der Waals surface area (Å²) in [5.74, 6) is 0.881. The zero-order valence-corrected chi connectivity index (χ0v) is 12.0. The minimum absolute atomic E-state index is 0.179. The molecule has 1 atom stereocenters. The fourth-order valence-corrected chi connectivity index (χ4v) is 1.59. The van der Waals surface area contributed by atoms with Crippen molar-refractivity contribution in [2.24, 2.45) is 5.73 Å². The van der Waals surface area contributed by atoms with Gasteiger partial charge in [0.05, 0.1) is 7.11 Å². The number of carbonyl (C=O) groups is 1. The molecule has 1 aromatic rings. The van der Waals surface area contributed by atoms with E-state index in [-0.39, 0.29) is 10.9 Å². The van der Waals surface area contributed by atoms with Crippen molar-refractivity contribution < 1.29 is 14.3 Å². The highest BCUT2D eigenvalue weighted by Gasteiger charge is 2.14. The van der Waals surface area contributed by atoms with E-state index in [2.05, 4.69) is 5.32 Å². The molecule has 104 valence electrons. The van der Waals surface area contributed by atoms with E-state index in [4.69, 9.17) is 27.4 Å². The van der Waals surface area contributed by atoms with Crippen LogP contribution in [0.5, 0.6) is 11.5 Å².